The van der Waals surface area contributed by atoms with Crippen molar-refractivity contribution >= 4 is 5.91 Å². The zero-order valence-corrected chi connectivity index (χ0v) is 14.4. The van der Waals surface area contributed by atoms with Crippen molar-refractivity contribution in [3.8, 4) is 0 Å². The van der Waals surface area contributed by atoms with Crippen molar-refractivity contribution in [3.63, 3.8) is 0 Å². The summed E-state index contributed by atoms with van der Waals surface area (Å²) in [6, 6.07) is 4.43. The van der Waals surface area contributed by atoms with Gasteiger partial charge in [0.05, 0.1) is 0 Å². The lowest BCUT2D eigenvalue weighted by Crippen LogP contribution is -2.36. The standard InChI is InChI=1S/C19H29NO2/c1-13-11-14(2)18(15(3)12-13)5-8-20-19(21)16(4)17-6-9-22-10-7-17/h11-12,16-17H,5-10H2,1-4H3,(H,20,21)/t16-/m1/s1. The molecule has 3 heteroatoms. The first-order chi connectivity index (χ1) is 10.5. The van der Waals surface area contributed by atoms with Gasteiger partial charge in [-0.1, -0.05) is 24.6 Å². The molecule has 1 aliphatic rings. The fourth-order valence-corrected chi connectivity index (χ4v) is 3.51. The summed E-state index contributed by atoms with van der Waals surface area (Å²) >= 11 is 0. The molecule has 1 aromatic rings. The molecule has 1 N–H and O–H groups in total. The molecule has 0 radical (unpaired) electrons. The summed E-state index contributed by atoms with van der Waals surface area (Å²) in [4.78, 5) is 12.3. The van der Waals surface area contributed by atoms with Crippen LogP contribution < -0.4 is 5.32 Å². The largest absolute Gasteiger partial charge is 0.381 e. The molecule has 1 amide bonds. The molecule has 0 aliphatic carbocycles. The summed E-state index contributed by atoms with van der Waals surface area (Å²) in [5.74, 6) is 0.745. The number of hydrogen-bond donors (Lipinski definition) is 1. The van der Waals surface area contributed by atoms with Crippen molar-refractivity contribution in [2.24, 2.45) is 11.8 Å². The van der Waals surface area contributed by atoms with Gasteiger partial charge in [0.2, 0.25) is 5.91 Å². The van der Waals surface area contributed by atoms with Gasteiger partial charge in [0, 0.05) is 25.7 Å². The number of ether oxygens (including phenoxy) is 1. The van der Waals surface area contributed by atoms with Crippen molar-refractivity contribution in [3.05, 3.63) is 34.4 Å². The topological polar surface area (TPSA) is 38.3 Å². The summed E-state index contributed by atoms with van der Waals surface area (Å²) in [7, 11) is 0. The number of nitrogens with one attached hydrogen (secondary N) is 1. The van der Waals surface area contributed by atoms with Crippen molar-refractivity contribution in [1.82, 2.24) is 5.32 Å². The summed E-state index contributed by atoms with van der Waals surface area (Å²) in [5.41, 5.74) is 5.31. The number of carbonyl (C=O) groups is 1. The lowest BCUT2D eigenvalue weighted by atomic mass is 9.86. The number of aryl methyl sites for hydroxylation is 3. The number of rotatable bonds is 5. The molecule has 1 aliphatic heterocycles. The Morgan fingerprint density at radius 3 is 2.41 bits per heavy atom. The predicted octanol–water partition coefficient (Wildman–Crippen LogP) is 3.33. The van der Waals surface area contributed by atoms with Crippen LogP contribution in [0.1, 0.15) is 42.0 Å². The van der Waals surface area contributed by atoms with E-state index < -0.39 is 0 Å². The monoisotopic (exact) mass is 303 g/mol. The Balaban J connectivity index is 1.84. The molecule has 1 fully saturated rings. The summed E-state index contributed by atoms with van der Waals surface area (Å²) in [6.07, 6.45) is 2.92. The molecule has 1 heterocycles. The maximum atomic E-state index is 12.3. The van der Waals surface area contributed by atoms with Crippen LogP contribution in [-0.2, 0) is 16.0 Å². The van der Waals surface area contributed by atoms with E-state index in [0.29, 0.717) is 5.92 Å². The third-order valence-corrected chi connectivity index (χ3v) is 4.90. The van der Waals surface area contributed by atoms with Gasteiger partial charge in [0.15, 0.2) is 0 Å². The molecular weight excluding hydrogens is 274 g/mol. The van der Waals surface area contributed by atoms with Crippen molar-refractivity contribution in [2.45, 2.75) is 47.0 Å². The van der Waals surface area contributed by atoms with Crippen LogP contribution in [-0.4, -0.2) is 25.7 Å². The van der Waals surface area contributed by atoms with Crippen molar-refractivity contribution in [2.75, 3.05) is 19.8 Å². The molecule has 1 aromatic carbocycles. The fraction of sp³-hybridized carbons (Fsp3) is 0.632. The maximum absolute atomic E-state index is 12.3. The lowest BCUT2D eigenvalue weighted by molar-refractivity contribution is -0.127. The minimum atomic E-state index is 0.0871. The second-order valence-electron chi connectivity index (χ2n) is 6.66. The van der Waals surface area contributed by atoms with Crippen LogP contribution in [0.5, 0.6) is 0 Å². The first kappa shape index (κ1) is 17.0. The average Bonchev–Trinajstić information content (AvgIpc) is 2.49. The minimum Gasteiger partial charge on any atom is -0.381 e. The van der Waals surface area contributed by atoms with Gasteiger partial charge in [-0.2, -0.15) is 0 Å². The molecule has 0 aromatic heterocycles. The number of carbonyl (C=O) groups excluding carboxylic acids is 1. The highest BCUT2D eigenvalue weighted by atomic mass is 16.5. The van der Waals surface area contributed by atoms with Crippen molar-refractivity contribution in [1.29, 1.82) is 0 Å². The van der Waals surface area contributed by atoms with Crippen LogP contribution in [0, 0.1) is 32.6 Å². The van der Waals surface area contributed by atoms with Gasteiger partial charge < -0.3 is 10.1 Å². The average molecular weight is 303 g/mol. The van der Waals surface area contributed by atoms with E-state index >= 15 is 0 Å². The molecule has 0 unspecified atom stereocenters. The Labute approximate surface area is 134 Å². The van der Waals surface area contributed by atoms with Gasteiger partial charge in [-0.3, -0.25) is 4.79 Å². The van der Waals surface area contributed by atoms with Crippen LogP contribution in [0.2, 0.25) is 0 Å². The molecule has 22 heavy (non-hydrogen) atoms. The smallest absolute Gasteiger partial charge is 0.223 e. The third-order valence-electron chi connectivity index (χ3n) is 4.90. The van der Waals surface area contributed by atoms with Crippen LogP contribution in [0.3, 0.4) is 0 Å². The Morgan fingerprint density at radius 2 is 1.82 bits per heavy atom. The van der Waals surface area contributed by atoms with Crippen LogP contribution in [0.15, 0.2) is 12.1 Å². The molecule has 122 valence electrons. The molecular formula is C19H29NO2. The van der Waals surface area contributed by atoms with Crippen LogP contribution >= 0.6 is 0 Å². The van der Waals surface area contributed by atoms with E-state index in [1.165, 1.54) is 22.3 Å². The molecule has 0 saturated carbocycles. The van der Waals surface area contributed by atoms with Crippen LogP contribution in [0.4, 0.5) is 0 Å². The molecule has 1 saturated heterocycles. The summed E-state index contributed by atoms with van der Waals surface area (Å²) in [6.45, 7) is 10.8. The van der Waals surface area contributed by atoms with E-state index in [-0.39, 0.29) is 11.8 Å². The highest BCUT2D eigenvalue weighted by molar-refractivity contribution is 5.78. The third kappa shape index (κ3) is 4.33. The van der Waals surface area contributed by atoms with Gasteiger partial charge in [-0.15, -0.1) is 0 Å². The first-order valence-corrected chi connectivity index (χ1v) is 8.41. The Morgan fingerprint density at radius 1 is 1.23 bits per heavy atom. The van der Waals surface area contributed by atoms with Gasteiger partial charge in [-0.25, -0.2) is 0 Å². The highest BCUT2D eigenvalue weighted by Crippen LogP contribution is 2.23. The SMILES string of the molecule is Cc1cc(C)c(CCNC(=O)[C@H](C)C2CCOCC2)c(C)c1. The maximum Gasteiger partial charge on any atom is 0.223 e. The lowest BCUT2D eigenvalue weighted by Gasteiger charge is -2.27. The normalized spacial score (nSPS) is 17.3. The molecule has 0 bridgehead atoms. The van der Waals surface area contributed by atoms with E-state index in [9.17, 15) is 4.79 Å². The van der Waals surface area contributed by atoms with E-state index in [1.807, 2.05) is 6.92 Å². The van der Waals surface area contributed by atoms with Gasteiger partial charge in [0.25, 0.3) is 0 Å². The first-order valence-electron chi connectivity index (χ1n) is 8.41. The Bertz CT molecular complexity index is 495. The zero-order chi connectivity index (χ0) is 16.1. The minimum absolute atomic E-state index is 0.0871. The van der Waals surface area contributed by atoms with E-state index in [1.54, 1.807) is 0 Å². The number of amides is 1. The molecule has 2 rings (SSSR count). The fourth-order valence-electron chi connectivity index (χ4n) is 3.51. The van der Waals surface area contributed by atoms with Gasteiger partial charge in [0.1, 0.15) is 0 Å². The zero-order valence-electron chi connectivity index (χ0n) is 14.4. The Hall–Kier alpha value is -1.35. The second-order valence-corrected chi connectivity index (χ2v) is 6.66. The van der Waals surface area contributed by atoms with Crippen LogP contribution in [0.25, 0.3) is 0 Å². The number of benzene rings is 1. The van der Waals surface area contributed by atoms with Crippen molar-refractivity contribution < 1.29 is 9.53 Å². The predicted molar refractivity (Wildman–Crippen MR) is 90.1 cm³/mol. The Kier molecular flexibility index (Phi) is 6.01. The molecule has 1 atom stereocenters. The van der Waals surface area contributed by atoms with Gasteiger partial charge >= 0.3 is 0 Å². The second kappa shape index (κ2) is 7.77. The van der Waals surface area contributed by atoms with Gasteiger partial charge in [-0.05, 0) is 62.6 Å². The quantitative estimate of drug-likeness (QED) is 0.906. The molecule has 0 spiro atoms. The molecule has 3 nitrogen and oxygen atoms in total. The van der Waals surface area contributed by atoms with E-state index in [2.05, 4.69) is 38.2 Å². The summed E-state index contributed by atoms with van der Waals surface area (Å²) < 4.78 is 5.37. The highest BCUT2D eigenvalue weighted by Gasteiger charge is 2.25. The van der Waals surface area contributed by atoms with E-state index in [4.69, 9.17) is 4.74 Å². The van der Waals surface area contributed by atoms with E-state index in [0.717, 1.165) is 39.0 Å². The summed E-state index contributed by atoms with van der Waals surface area (Å²) in [5, 5.41) is 3.12. The number of hydrogen-bond acceptors (Lipinski definition) is 2.